The molecule has 0 atom stereocenters. The summed E-state index contributed by atoms with van der Waals surface area (Å²) in [6.45, 7) is 0. The molecule has 2 heterocycles. The van der Waals surface area contributed by atoms with E-state index < -0.39 is 0 Å². The molecular weight excluding hydrogens is 156 g/mol. The predicted octanol–water partition coefficient (Wildman–Crippen LogP) is -0.581. The normalized spacial score (nSPS) is 10.5. The van der Waals surface area contributed by atoms with Gasteiger partial charge in [0.2, 0.25) is 5.65 Å². The first-order valence-electron chi connectivity index (χ1n) is 3.48. The highest BCUT2D eigenvalue weighted by Gasteiger charge is 2.05. The second-order valence-corrected chi connectivity index (χ2v) is 2.56. The minimum atomic E-state index is 0.700. The van der Waals surface area contributed by atoms with Gasteiger partial charge in [0.15, 0.2) is 5.52 Å². The number of nitrogens with zero attached hydrogens (tertiary/aromatic N) is 6. The first-order valence-corrected chi connectivity index (χ1v) is 3.48. The zero-order valence-corrected chi connectivity index (χ0v) is 6.84. The van der Waals surface area contributed by atoms with Crippen LogP contribution in [0.1, 0.15) is 0 Å². The molecule has 6 nitrogen and oxygen atoms in total. The van der Waals surface area contributed by atoms with Gasteiger partial charge >= 0.3 is 0 Å². The smallest absolute Gasteiger partial charge is 0.204 e. The summed E-state index contributed by atoms with van der Waals surface area (Å²) in [6.07, 6.45) is 3.11. The number of rotatable bonds is 1. The summed E-state index contributed by atoms with van der Waals surface area (Å²) >= 11 is 0. The third-order valence-electron chi connectivity index (χ3n) is 1.48. The zero-order valence-electron chi connectivity index (χ0n) is 6.84. The Morgan fingerprint density at radius 3 is 3.00 bits per heavy atom. The molecule has 0 radical (unpaired) electrons. The lowest BCUT2D eigenvalue weighted by Crippen LogP contribution is -2.26. The number of hydrogen-bond acceptors (Lipinski definition) is 5. The third kappa shape index (κ3) is 0.884. The van der Waals surface area contributed by atoms with Gasteiger partial charge in [-0.3, -0.25) is 5.01 Å². The highest BCUT2D eigenvalue weighted by molar-refractivity contribution is 5.67. The monoisotopic (exact) mass is 164 g/mol. The molecule has 0 spiro atoms. The average Bonchev–Trinajstić information content (AvgIpc) is 2.47. The number of fused-ring (bicyclic) bond motifs is 1. The van der Waals surface area contributed by atoms with Crippen molar-refractivity contribution in [1.82, 2.24) is 25.1 Å². The van der Waals surface area contributed by atoms with E-state index in [1.165, 1.54) is 6.33 Å². The van der Waals surface area contributed by atoms with Crippen molar-refractivity contribution in [2.45, 2.75) is 0 Å². The van der Waals surface area contributed by atoms with Crippen LogP contribution >= 0.6 is 0 Å². The molecule has 0 aliphatic carbocycles. The Morgan fingerprint density at radius 2 is 2.25 bits per heavy atom. The molecule has 0 aromatic carbocycles. The van der Waals surface area contributed by atoms with E-state index in [9.17, 15) is 0 Å². The van der Waals surface area contributed by atoms with E-state index in [1.807, 2.05) is 14.1 Å². The summed E-state index contributed by atoms with van der Waals surface area (Å²) in [4.78, 5) is 9.50. The van der Waals surface area contributed by atoms with Crippen LogP contribution in [0.5, 0.6) is 0 Å². The van der Waals surface area contributed by atoms with E-state index in [4.69, 9.17) is 0 Å². The molecule has 0 N–H and O–H groups in total. The van der Waals surface area contributed by atoms with Crippen molar-refractivity contribution in [1.29, 1.82) is 0 Å². The van der Waals surface area contributed by atoms with Gasteiger partial charge in [-0.15, -0.1) is 9.89 Å². The quantitative estimate of drug-likeness (QED) is 0.564. The van der Waals surface area contributed by atoms with Crippen LogP contribution in [-0.4, -0.2) is 39.2 Å². The van der Waals surface area contributed by atoms with Gasteiger partial charge in [-0.1, -0.05) is 0 Å². The summed E-state index contributed by atoms with van der Waals surface area (Å²) in [5.74, 6) is 0. The molecular formula is C6H8N6. The fourth-order valence-corrected chi connectivity index (χ4v) is 0.943. The van der Waals surface area contributed by atoms with E-state index in [2.05, 4.69) is 20.3 Å². The van der Waals surface area contributed by atoms with Crippen LogP contribution in [0.15, 0.2) is 12.5 Å². The van der Waals surface area contributed by atoms with Crippen molar-refractivity contribution >= 4 is 11.2 Å². The maximum atomic E-state index is 4.05. The van der Waals surface area contributed by atoms with Crippen molar-refractivity contribution < 1.29 is 0 Å². The van der Waals surface area contributed by atoms with Crippen molar-refractivity contribution in [2.75, 3.05) is 19.1 Å². The molecule has 0 fully saturated rings. The molecule has 2 aromatic rings. The Labute approximate surface area is 68.8 Å². The Balaban J connectivity index is 2.70. The molecule has 2 aromatic heterocycles. The van der Waals surface area contributed by atoms with Crippen LogP contribution < -0.4 is 5.01 Å². The van der Waals surface area contributed by atoms with Gasteiger partial charge < -0.3 is 0 Å². The van der Waals surface area contributed by atoms with Crippen LogP contribution in [0, 0.1) is 0 Å². The number of hydrogen-bond donors (Lipinski definition) is 0. The van der Waals surface area contributed by atoms with Crippen molar-refractivity contribution in [3.05, 3.63) is 12.5 Å². The van der Waals surface area contributed by atoms with Crippen molar-refractivity contribution in [3.8, 4) is 0 Å². The van der Waals surface area contributed by atoms with Crippen LogP contribution in [-0.2, 0) is 0 Å². The fourth-order valence-electron chi connectivity index (χ4n) is 0.943. The summed E-state index contributed by atoms with van der Waals surface area (Å²) < 4.78 is 0. The molecule has 2 rings (SSSR count). The summed E-state index contributed by atoms with van der Waals surface area (Å²) in [5.41, 5.74) is 1.42. The van der Waals surface area contributed by atoms with Crippen LogP contribution in [0.4, 0.5) is 0 Å². The molecule has 6 heteroatoms. The van der Waals surface area contributed by atoms with Gasteiger partial charge in [-0.25, -0.2) is 9.97 Å². The van der Waals surface area contributed by atoms with E-state index in [0.29, 0.717) is 5.52 Å². The van der Waals surface area contributed by atoms with Crippen molar-refractivity contribution in [2.24, 2.45) is 0 Å². The Morgan fingerprint density at radius 1 is 1.42 bits per heavy atom. The maximum absolute atomic E-state index is 4.05. The SMILES string of the molecule is CN(C)n1nnc2cncnc21. The molecule has 0 aliphatic rings. The van der Waals surface area contributed by atoms with Gasteiger partial charge in [0.25, 0.3) is 0 Å². The lowest BCUT2D eigenvalue weighted by atomic mass is 10.6. The second-order valence-electron chi connectivity index (χ2n) is 2.56. The molecule has 0 saturated heterocycles. The number of aromatic nitrogens is 5. The van der Waals surface area contributed by atoms with Crippen molar-refractivity contribution in [3.63, 3.8) is 0 Å². The largest absolute Gasteiger partial charge is 0.300 e. The lowest BCUT2D eigenvalue weighted by Gasteiger charge is -2.10. The van der Waals surface area contributed by atoms with Gasteiger partial charge in [0.1, 0.15) is 6.33 Å². The molecule has 0 amide bonds. The molecule has 0 unspecified atom stereocenters. The highest BCUT2D eigenvalue weighted by Crippen LogP contribution is 2.02. The molecule has 0 aliphatic heterocycles. The topological polar surface area (TPSA) is 59.7 Å². The van der Waals surface area contributed by atoms with E-state index in [-0.39, 0.29) is 0 Å². The Hall–Kier alpha value is -1.72. The minimum absolute atomic E-state index is 0.700. The average molecular weight is 164 g/mol. The van der Waals surface area contributed by atoms with Gasteiger partial charge in [-0.05, 0) is 5.21 Å². The second kappa shape index (κ2) is 2.40. The lowest BCUT2D eigenvalue weighted by molar-refractivity contribution is 0.623. The third-order valence-corrected chi connectivity index (χ3v) is 1.48. The first-order chi connectivity index (χ1) is 5.79. The van der Waals surface area contributed by atoms with Gasteiger partial charge in [-0.2, -0.15) is 0 Å². The van der Waals surface area contributed by atoms with E-state index >= 15 is 0 Å². The predicted molar refractivity (Wildman–Crippen MR) is 43.2 cm³/mol. The zero-order chi connectivity index (χ0) is 8.55. The highest BCUT2D eigenvalue weighted by atomic mass is 15.7. The van der Waals surface area contributed by atoms with Gasteiger partial charge in [0, 0.05) is 14.1 Å². The first kappa shape index (κ1) is 6.96. The van der Waals surface area contributed by atoms with Gasteiger partial charge in [0.05, 0.1) is 6.20 Å². The minimum Gasteiger partial charge on any atom is -0.300 e. The Bertz CT molecular complexity index is 392. The standard InChI is InChI=1S/C6H8N6/c1-11(2)12-6-5(9-10-12)3-7-4-8-6/h3-4H,1-2H3. The van der Waals surface area contributed by atoms with Crippen LogP contribution in [0.2, 0.25) is 0 Å². The van der Waals surface area contributed by atoms with E-state index in [1.54, 1.807) is 16.0 Å². The fraction of sp³-hybridized carbons (Fsp3) is 0.333. The van der Waals surface area contributed by atoms with E-state index in [0.717, 1.165) is 5.65 Å². The summed E-state index contributed by atoms with van der Waals surface area (Å²) in [5, 5.41) is 9.57. The molecule has 12 heavy (non-hydrogen) atoms. The Kier molecular flexibility index (Phi) is 1.39. The summed E-state index contributed by atoms with van der Waals surface area (Å²) in [6, 6.07) is 0. The van der Waals surface area contributed by atoms with Crippen LogP contribution in [0.25, 0.3) is 11.2 Å². The van der Waals surface area contributed by atoms with Crippen LogP contribution in [0.3, 0.4) is 0 Å². The molecule has 0 saturated carbocycles. The molecule has 0 bridgehead atoms. The summed E-state index contributed by atoms with van der Waals surface area (Å²) in [7, 11) is 3.74. The molecule has 62 valence electrons. The maximum Gasteiger partial charge on any atom is 0.204 e.